The number of allylic oxidation sites excluding steroid dienone is 1. The Bertz CT molecular complexity index is 295. The van der Waals surface area contributed by atoms with Crippen LogP contribution in [0.25, 0.3) is 6.08 Å². The summed E-state index contributed by atoms with van der Waals surface area (Å²) in [4.78, 5) is 0. The molecule has 1 aromatic rings. The Morgan fingerprint density at radius 3 is 2.40 bits per heavy atom. The molecular formula is C15H26. The third-order valence-corrected chi connectivity index (χ3v) is 2.18. The third-order valence-electron chi connectivity index (χ3n) is 2.18. The molecule has 1 aromatic carbocycles. The van der Waals surface area contributed by atoms with Gasteiger partial charge in [0.05, 0.1) is 0 Å². The van der Waals surface area contributed by atoms with Crippen LogP contribution < -0.4 is 0 Å². The molecule has 0 spiro atoms. The Morgan fingerprint density at radius 1 is 1.07 bits per heavy atom. The second-order valence-electron chi connectivity index (χ2n) is 3.14. The summed E-state index contributed by atoms with van der Waals surface area (Å²) < 4.78 is 0. The average molecular weight is 206 g/mol. The summed E-state index contributed by atoms with van der Waals surface area (Å²) in [6.07, 6.45) is 6.89. The van der Waals surface area contributed by atoms with Crippen molar-refractivity contribution in [3.63, 3.8) is 0 Å². The lowest BCUT2D eigenvalue weighted by atomic mass is 9.96. The van der Waals surface area contributed by atoms with Crippen LogP contribution in [0.1, 0.15) is 51.8 Å². The monoisotopic (exact) mass is 206 g/mol. The van der Waals surface area contributed by atoms with Crippen molar-refractivity contribution in [1.29, 1.82) is 0 Å². The van der Waals surface area contributed by atoms with Gasteiger partial charge in [-0.2, -0.15) is 0 Å². The van der Waals surface area contributed by atoms with Crippen molar-refractivity contribution in [2.75, 3.05) is 0 Å². The third kappa shape index (κ3) is 4.33. The summed E-state index contributed by atoms with van der Waals surface area (Å²) in [6, 6.07) is 6.67. The minimum atomic E-state index is 0. The van der Waals surface area contributed by atoms with Gasteiger partial charge in [-0.1, -0.05) is 64.6 Å². The van der Waals surface area contributed by atoms with Crippen LogP contribution in [0.5, 0.6) is 0 Å². The molecule has 15 heavy (non-hydrogen) atoms. The van der Waals surface area contributed by atoms with E-state index in [4.69, 9.17) is 0 Å². The topological polar surface area (TPSA) is 0 Å². The molecule has 0 fully saturated rings. The molecule has 0 aromatic heterocycles. The first kappa shape index (κ1) is 16.4. The number of fused-ring (bicyclic) bond motifs is 1. The Kier molecular flexibility index (Phi) is 9.05. The highest BCUT2D eigenvalue weighted by Crippen LogP contribution is 2.19. The maximum atomic E-state index is 2.29. The van der Waals surface area contributed by atoms with E-state index in [0.717, 1.165) is 0 Å². The summed E-state index contributed by atoms with van der Waals surface area (Å²) in [6.45, 7) is 6.15. The summed E-state index contributed by atoms with van der Waals surface area (Å²) in [5, 5.41) is 0. The fraction of sp³-hybridized carbons (Fsp3) is 0.467. The predicted molar refractivity (Wildman–Crippen MR) is 73.3 cm³/mol. The number of rotatable bonds is 0. The Morgan fingerprint density at radius 2 is 1.73 bits per heavy atom. The van der Waals surface area contributed by atoms with E-state index >= 15 is 0 Å². The number of hydrogen-bond acceptors (Lipinski definition) is 0. The van der Waals surface area contributed by atoms with Crippen LogP contribution in [0.2, 0.25) is 0 Å². The van der Waals surface area contributed by atoms with Crippen molar-refractivity contribution < 1.29 is 0 Å². The van der Waals surface area contributed by atoms with Crippen LogP contribution in [0.3, 0.4) is 0 Å². The highest BCUT2D eigenvalue weighted by Gasteiger charge is 2.02. The van der Waals surface area contributed by atoms with E-state index in [9.17, 15) is 0 Å². The zero-order valence-electron chi connectivity index (χ0n) is 8.80. The van der Waals surface area contributed by atoms with E-state index in [1.54, 1.807) is 0 Å². The van der Waals surface area contributed by atoms with Crippen LogP contribution in [0.4, 0.5) is 0 Å². The number of hydrogen-bond donors (Lipinski definition) is 0. The zero-order valence-corrected chi connectivity index (χ0v) is 8.80. The van der Waals surface area contributed by atoms with Gasteiger partial charge in [-0.15, -0.1) is 0 Å². The van der Waals surface area contributed by atoms with Gasteiger partial charge < -0.3 is 0 Å². The van der Waals surface area contributed by atoms with Crippen LogP contribution in [-0.4, -0.2) is 0 Å². The predicted octanol–water partition coefficient (Wildman–Crippen LogP) is 5.25. The molecule has 1 aliphatic carbocycles. The van der Waals surface area contributed by atoms with Gasteiger partial charge in [0.2, 0.25) is 0 Å². The molecule has 0 N–H and O–H groups in total. The normalized spacial score (nSPS) is 11.1. The fourth-order valence-corrected chi connectivity index (χ4v) is 1.56. The van der Waals surface area contributed by atoms with Crippen molar-refractivity contribution in [3.8, 4) is 0 Å². The second kappa shape index (κ2) is 8.28. The molecule has 1 aliphatic rings. The first-order valence-electron chi connectivity index (χ1n) is 5.12. The molecule has 0 saturated heterocycles. The van der Waals surface area contributed by atoms with E-state index in [1.165, 1.54) is 29.5 Å². The van der Waals surface area contributed by atoms with Gasteiger partial charge in [0.25, 0.3) is 0 Å². The van der Waals surface area contributed by atoms with Gasteiger partial charge in [-0.05, 0) is 30.9 Å². The molecular weight excluding hydrogens is 180 g/mol. The van der Waals surface area contributed by atoms with Gasteiger partial charge in [0.15, 0.2) is 0 Å². The highest BCUT2D eigenvalue weighted by molar-refractivity contribution is 5.56. The molecule has 0 aliphatic heterocycles. The van der Waals surface area contributed by atoms with Crippen molar-refractivity contribution in [3.05, 3.63) is 41.0 Å². The molecule has 0 saturated carbocycles. The minimum absolute atomic E-state index is 0. The van der Waals surface area contributed by atoms with E-state index in [-0.39, 0.29) is 14.9 Å². The van der Waals surface area contributed by atoms with Gasteiger partial charge >= 0.3 is 0 Å². The summed E-state index contributed by atoms with van der Waals surface area (Å²) in [5.74, 6) is 0. The summed E-state index contributed by atoms with van der Waals surface area (Å²) >= 11 is 0. The van der Waals surface area contributed by atoms with Gasteiger partial charge in [-0.3, -0.25) is 0 Å². The van der Waals surface area contributed by atoms with Gasteiger partial charge in [-0.25, -0.2) is 0 Å². The second-order valence-corrected chi connectivity index (χ2v) is 3.14. The first-order valence-corrected chi connectivity index (χ1v) is 5.12. The Balaban J connectivity index is 0. The minimum Gasteiger partial charge on any atom is -0.0836 e. The summed E-state index contributed by atoms with van der Waals surface area (Å²) in [7, 11) is 0. The van der Waals surface area contributed by atoms with E-state index in [0.29, 0.717) is 0 Å². The molecule has 0 amide bonds. The average Bonchev–Trinajstić information content (AvgIpc) is 2.21. The quantitative estimate of drug-likeness (QED) is 0.543. The van der Waals surface area contributed by atoms with Gasteiger partial charge in [0.1, 0.15) is 0 Å². The molecule has 0 bridgehead atoms. The molecule has 0 heteroatoms. The maximum absolute atomic E-state index is 2.29. The molecule has 0 nitrogen and oxygen atoms in total. The molecule has 86 valence electrons. The molecule has 0 atom stereocenters. The van der Waals surface area contributed by atoms with Crippen molar-refractivity contribution in [2.24, 2.45) is 0 Å². The maximum Gasteiger partial charge on any atom is -0.0227 e. The SMILES string of the molecule is C.C.CC.Cc1ccc2c(c1)CCC=C2. The molecule has 0 heterocycles. The fourth-order valence-electron chi connectivity index (χ4n) is 1.56. The highest BCUT2D eigenvalue weighted by atomic mass is 14.1. The summed E-state index contributed by atoms with van der Waals surface area (Å²) in [5.41, 5.74) is 4.29. The molecule has 0 unspecified atom stereocenters. The van der Waals surface area contributed by atoms with E-state index < -0.39 is 0 Å². The van der Waals surface area contributed by atoms with Crippen LogP contribution in [0, 0.1) is 6.92 Å². The molecule has 0 radical (unpaired) electrons. The lowest BCUT2D eigenvalue weighted by Gasteiger charge is -2.09. The van der Waals surface area contributed by atoms with Crippen molar-refractivity contribution in [1.82, 2.24) is 0 Å². The largest absolute Gasteiger partial charge is 0.0836 e. The molecule has 2 rings (SSSR count). The van der Waals surface area contributed by atoms with Crippen LogP contribution >= 0.6 is 0 Å². The lowest BCUT2D eigenvalue weighted by Crippen LogP contribution is -1.93. The van der Waals surface area contributed by atoms with Crippen LogP contribution in [0.15, 0.2) is 24.3 Å². The number of benzene rings is 1. The smallest absolute Gasteiger partial charge is 0.0227 e. The van der Waals surface area contributed by atoms with Crippen molar-refractivity contribution >= 4 is 6.08 Å². The van der Waals surface area contributed by atoms with Crippen molar-refractivity contribution in [2.45, 2.75) is 48.5 Å². The van der Waals surface area contributed by atoms with Crippen LogP contribution in [-0.2, 0) is 6.42 Å². The lowest BCUT2D eigenvalue weighted by molar-refractivity contribution is 0.982. The zero-order chi connectivity index (χ0) is 9.68. The Hall–Kier alpha value is -1.04. The van der Waals surface area contributed by atoms with E-state index in [1.807, 2.05) is 13.8 Å². The standard InChI is InChI=1S/C11H12.C2H6.2CH4/c1-9-6-7-10-4-2-3-5-11(10)8-9;1-2;;/h2,4,6-8H,3,5H2,1H3;1-2H3;2*1H4. The number of aryl methyl sites for hydroxylation is 2. The first-order chi connectivity index (χ1) is 6.36. The Labute approximate surface area is 96.0 Å². The van der Waals surface area contributed by atoms with Gasteiger partial charge in [0, 0.05) is 0 Å². The van der Waals surface area contributed by atoms with E-state index in [2.05, 4.69) is 37.3 Å².